The van der Waals surface area contributed by atoms with Crippen LogP contribution >= 0.6 is 22.7 Å². The van der Waals surface area contributed by atoms with E-state index in [1.165, 1.54) is 22.7 Å². The predicted molar refractivity (Wildman–Crippen MR) is 120 cm³/mol. The number of hydrogen-bond acceptors (Lipinski definition) is 7. The molecule has 0 radical (unpaired) electrons. The maximum absolute atomic E-state index is 12.9. The van der Waals surface area contributed by atoms with E-state index < -0.39 is 0 Å². The maximum Gasteiger partial charge on any atom is 0.265 e. The van der Waals surface area contributed by atoms with Gasteiger partial charge in [-0.3, -0.25) is 14.9 Å². The molecule has 2 aromatic heterocycles. The highest BCUT2D eigenvalue weighted by Crippen LogP contribution is 2.36. The average Bonchev–Trinajstić information content (AvgIpc) is 3.54. The summed E-state index contributed by atoms with van der Waals surface area (Å²) in [6.45, 7) is 0.208. The molecule has 1 aliphatic rings. The second-order valence-corrected chi connectivity index (χ2v) is 8.34. The van der Waals surface area contributed by atoms with Gasteiger partial charge in [-0.15, -0.1) is 22.7 Å². The van der Waals surface area contributed by atoms with Crippen LogP contribution in [0.5, 0.6) is 11.5 Å². The molecular formula is C22H15N3O4S2. The predicted octanol–water partition coefficient (Wildman–Crippen LogP) is 5.10. The third kappa shape index (κ3) is 4.00. The number of anilines is 2. The molecule has 2 amide bonds. The van der Waals surface area contributed by atoms with Gasteiger partial charge < -0.3 is 14.8 Å². The van der Waals surface area contributed by atoms with Gasteiger partial charge in [0.2, 0.25) is 6.79 Å². The summed E-state index contributed by atoms with van der Waals surface area (Å²) in [7, 11) is 0. The van der Waals surface area contributed by atoms with E-state index in [0.717, 1.165) is 11.3 Å². The molecule has 0 unspecified atom stereocenters. The number of fused-ring (bicyclic) bond motifs is 1. The molecule has 1 aliphatic heterocycles. The Morgan fingerprint density at radius 2 is 1.77 bits per heavy atom. The van der Waals surface area contributed by atoms with Gasteiger partial charge in [0, 0.05) is 10.9 Å². The first-order valence-corrected chi connectivity index (χ1v) is 11.0. The molecule has 9 heteroatoms. The summed E-state index contributed by atoms with van der Waals surface area (Å²) < 4.78 is 10.7. The Hall–Kier alpha value is -3.69. The summed E-state index contributed by atoms with van der Waals surface area (Å²) in [5.41, 5.74) is 2.38. The van der Waals surface area contributed by atoms with Gasteiger partial charge in [-0.25, -0.2) is 4.98 Å². The summed E-state index contributed by atoms with van der Waals surface area (Å²) in [5, 5.41) is 9.76. The summed E-state index contributed by atoms with van der Waals surface area (Å²) in [6.07, 6.45) is 0. The summed E-state index contributed by atoms with van der Waals surface area (Å²) in [5.74, 6) is 0.767. The highest BCUT2D eigenvalue weighted by molar-refractivity contribution is 7.14. The van der Waals surface area contributed by atoms with E-state index in [-0.39, 0.29) is 18.6 Å². The van der Waals surface area contributed by atoms with Gasteiger partial charge in [-0.05, 0) is 41.8 Å². The minimum atomic E-state index is -0.353. The van der Waals surface area contributed by atoms with Gasteiger partial charge in [0.15, 0.2) is 16.6 Å². The number of nitrogens with one attached hydrogen (secondary N) is 2. The Bertz CT molecular complexity index is 1270. The maximum atomic E-state index is 12.9. The molecule has 5 rings (SSSR count). The molecular weight excluding hydrogens is 434 g/mol. The smallest absolute Gasteiger partial charge is 0.265 e. The minimum Gasteiger partial charge on any atom is -0.454 e. The van der Waals surface area contributed by atoms with Gasteiger partial charge in [0.1, 0.15) is 0 Å². The topological polar surface area (TPSA) is 89.6 Å². The first-order valence-electron chi connectivity index (χ1n) is 9.28. The molecule has 31 heavy (non-hydrogen) atoms. The number of nitrogens with zero attached hydrogens (tertiary/aromatic N) is 1. The Kier molecular flexibility index (Phi) is 5.11. The van der Waals surface area contributed by atoms with Crippen molar-refractivity contribution in [2.45, 2.75) is 0 Å². The number of para-hydroxylation sites is 1. The lowest BCUT2D eigenvalue weighted by Crippen LogP contribution is -2.17. The lowest BCUT2D eigenvalue weighted by molar-refractivity contribution is 0.102. The third-order valence-corrected chi connectivity index (χ3v) is 6.18. The number of amides is 2. The average molecular weight is 450 g/mol. The van der Waals surface area contributed by atoms with Gasteiger partial charge in [-0.1, -0.05) is 18.2 Å². The van der Waals surface area contributed by atoms with Crippen LogP contribution < -0.4 is 20.1 Å². The number of ether oxygens (including phenoxy) is 2. The molecule has 2 N–H and O–H groups in total. The molecule has 0 saturated carbocycles. The fourth-order valence-electron chi connectivity index (χ4n) is 3.07. The molecule has 0 atom stereocenters. The van der Waals surface area contributed by atoms with Crippen LogP contribution in [0, 0.1) is 0 Å². The molecule has 4 aromatic rings. The van der Waals surface area contributed by atoms with Crippen molar-refractivity contribution < 1.29 is 19.1 Å². The minimum absolute atomic E-state index is 0.208. The van der Waals surface area contributed by atoms with E-state index in [1.807, 2.05) is 29.0 Å². The van der Waals surface area contributed by atoms with Crippen molar-refractivity contribution in [1.29, 1.82) is 0 Å². The highest BCUT2D eigenvalue weighted by Gasteiger charge is 2.18. The number of aromatic nitrogens is 1. The van der Waals surface area contributed by atoms with Crippen LogP contribution in [-0.2, 0) is 0 Å². The van der Waals surface area contributed by atoms with Crippen LogP contribution in [0.25, 0.3) is 11.3 Å². The fraction of sp³-hybridized carbons (Fsp3) is 0.0455. The molecule has 0 aliphatic carbocycles. The third-order valence-electron chi connectivity index (χ3n) is 4.56. The largest absolute Gasteiger partial charge is 0.454 e. The monoisotopic (exact) mass is 449 g/mol. The highest BCUT2D eigenvalue weighted by atomic mass is 32.1. The van der Waals surface area contributed by atoms with Crippen molar-refractivity contribution in [3.05, 3.63) is 75.8 Å². The number of hydrogen-bond donors (Lipinski definition) is 2. The molecule has 154 valence electrons. The summed E-state index contributed by atoms with van der Waals surface area (Å²) in [4.78, 5) is 30.3. The Morgan fingerprint density at radius 3 is 2.65 bits per heavy atom. The van der Waals surface area contributed by atoms with E-state index in [1.54, 1.807) is 36.4 Å². The Balaban J connectivity index is 1.33. The number of rotatable bonds is 5. The van der Waals surface area contributed by atoms with Crippen LogP contribution in [0.2, 0.25) is 0 Å². The van der Waals surface area contributed by atoms with Crippen LogP contribution in [0.4, 0.5) is 10.8 Å². The van der Waals surface area contributed by atoms with E-state index in [0.29, 0.717) is 32.8 Å². The number of carbonyl (C=O) groups excluding carboxylic acids is 2. The first kappa shape index (κ1) is 19.3. The van der Waals surface area contributed by atoms with Gasteiger partial charge in [-0.2, -0.15) is 0 Å². The molecule has 2 aromatic carbocycles. The van der Waals surface area contributed by atoms with Crippen molar-refractivity contribution >= 4 is 45.3 Å². The molecule has 0 spiro atoms. The molecule has 0 bridgehead atoms. The lowest BCUT2D eigenvalue weighted by Gasteiger charge is -2.10. The quantitative estimate of drug-likeness (QED) is 0.442. The van der Waals surface area contributed by atoms with E-state index in [2.05, 4.69) is 15.6 Å². The zero-order valence-electron chi connectivity index (χ0n) is 16.0. The standard InChI is InChI=1S/C22H15N3O4S2/c26-20(14-4-1-2-5-15(14)23-21(27)19-6-3-9-30-19)25-22-24-16(11-31-22)13-7-8-17-18(10-13)29-12-28-17/h1-11H,12H2,(H,23,27)(H,24,25,26). The van der Waals surface area contributed by atoms with Crippen LogP contribution in [0.15, 0.2) is 65.4 Å². The number of carbonyl (C=O) groups is 2. The Labute approximate surface area is 185 Å². The molecule has 0 saturated heterocycles. The fourth-order valence-corrected chi connectivity index (χ4v) is 4.40. The first-order chi connectivity index (χ1) is 15.2. The molecule has 0 fully saturated rings. The summed E-state index contributed by atoms with van der Waals surface area (Å²) in [6, 6.07) is 16.0. The van der Waals surface area contributed by atoms with E-state index >= 15 is 0 Å². The normalized spacial score (nSPS) is 11.9. The number of thiophene rings is 1. The number of thiazole rings is 1. The van der Waals surface area contributed by atoms with Gasteiger partial charge >= 0.3 is 0 Å². The molecule has 3 heterocycles. The van der Waals surface area contributed by atoms with Crippen molar-refractivity contribution in [3.63, 3.8) is 0 Å². The van der Waals surface area contributed by atoms with Crippen molar-refractivity contribution in [2.75, 3.05) is 17.4 Å². The van der Waals surface area contributed by atoms with E-state index in [4.69, 9.17) is 9.47 Å². The van der Waals surface area contributed by atoms with Crippen molar-refractivity contribution in [2.24, 2.45) is 0 Å². The summed E-state index contributed by atoms with van der Waals surface area (Å²) >= 11 is 2.66. The van der Waals surface area contributed by atoms with E-state index in [9.17, 15) is 9.59 Å². The van der Waals surface area contributed by atoms with Crippen molar-refractivity contribution in [1.82, 2.24) is 4.98 Å². The van der Waals surface area contributed by atoms with Gasteiger partial charge in [0.25, 0.3) is 11.8 Å². The van der Waals surface area contributed by atoms with Gasteiger partial charge in [0.05, 0.1) is 21.8 Å². The second kappa shape index (κ2) is 8.21. The zero-order chi connectivity index (χ0) is 21.2. The SMILES string of the molecule is O=C(Nc1ccccc1C(=O)Nc1nc(-c2ccc3c(c2)OCO3)cs1)c1cccs1. The van der Waals surface area contributed by atoms with Crippen LogP contribution in [0.1, 0.15) is 20.0 Å². The van der Waals surface area contributed by atoms with Crippen LogP contribution in [0.3, 0.4) is 0 Å². The zero-order valence-corrected chi connectivity index (χ0v) is 17.6. The Morgan fingerprint density at radius 1 is 0.903 bits per heavy atom. The number of benzene rings is 2. The second-order valence-electron chi connectivity index (χ2n) is 6.54. The molecule has 7 nitrogen and oxygen atoms in total. The van der Waals surface area contributed by atoms with Crippen LogP contribution in [-0.4, -0.2) is 23.6 Å². The lowest BCUT2D eigenvalue weighted by atomic mass is 10.1. The van der Waals surface area contributed by atoms with Crippen molar-refractivity contribution in [3.8, 4) is 22.8 Å².